The van der Waals surface area contributed by atoms with Crippen LogP contribution < -0.4 is 10.5 Å². The second-order valence-electron chi connectivity index (χ2n) is 4.39. The second kappa shape index (κ2) is 6.16. The quantitative estimate of drug-likeness (QED) is 0.658. The van der Waals surface area contributed by atoms with Crippen LogP contribution in [0.1, 0.15) is 16.7 Å². The molecule has 0 saturated carbocycles. The maximum absolute atomic E-state index is 7.41. The molecule has 0 amide bonds. The number of halogens is 2. The maximum atomic E-state index is 7.41. The molecule has 0 bridgehead atoms. The molecule has 0 fully saturated rings. The van der Waals surface area contributed by atoms with Crippen LogP contribution in [0.3, 0.4) is 0 Å². The van der Waals surface area contributed by atoms with Crippen molar-refractivity contribution in [3.63, 3.8) is 0 Å². The molecule has 2 rings (SSSR count). The first kappa shape index (κ1) is 14.7. The molecule has 20 heavy (non-hydrogen) atoms. The third-order valence-electron chi connectivity index (χ3n) is 2.94. The molecule has 104 valence electrons. The highest BCUT2D eigenvalue weighted by molar-refractivity contribution is 6.37. The summed E-state index contributed by atoms with van der Waals surface area (Å²) in [5.41, 5.74) is 8.14. The van der Waals surface area contributed by atoms with Crippen LogP contribution in [0.15, 0.2) is 36.4 Å². The molecular weight excluding hydrogens is 295 g/mol. The minimum absolute atomic E-state index is 0.0507. The number of nitrogens with one attached hydrogen (secondary N) is 1. The lowest BCUT2D eigenvalue weighted by Crippen LogP contribution is -2.11. The van der Waals surface area contributed by atoms with Gasteiger partial charge in [0.1, 0.15) is 12.4 Å². The number of nitrogen functional groups attached to an aromatic ring is 1. The summed E-state index contributed by atoms with van der Waals surface area (Å²) in [5.74, 6) is 0.528. The molecule has 5 heteroatoms. The number of hydrogen-bond donors (Lipinski definition) is 2. The molecular formula is C15H14Cl2N2O. The van der Waals surface area contributed by atoms with Crippen molar-refractivity contribution < 1.29 is 4.74 Å². The lowest BCUT2D eigenvalue weighted by atomic mass is 10.1. The number of rotatable bonds is 4. The van der Waals surface area contributed by atoms with Crippen molar-refractivity contribution in [1.29, 1.82) is 5.41 Å². The third-order valence-corrected chi connectivity index (χ3v) is 3.54. The standard InChI is InChI=1S/C15H14Cl2N2O/c1-9-7-10(15(18)19)5-6-11(9)8-20-14-12(16)3-2-4-13(14)17/h2-7H,8H2,1H3,(H3,18,19). The largest absolute Gasteiger partial charge is 0.486 e. The molecule has 0 heterocycles. The Morgan fingerprint density at radius 1 is 1.20 bits per heavy atom. The van der Waals surface area contributed by atoms with Crippen molar-refractivity contribution in [2.45, 2.75) is 13.5 Å². The summed E-state index contributed by atoms with van der Waals surface area (Å²) in [6.07, 6.45) is 0. The molecule has 0 radical (unpaired) electrons. The number of aryl methyl sites for hydroxylation is 1. The molecule has 2 aromatic carbocycles. The Kier molecular flexibility index (Phi) is 4.53. The Balaban J connectivity index is 2.17. The van der Waals surface area contributed by atoms with Crippen molar-refractivity contribution >= 4 is 29.0 Å². The van der Waals surface area contributed by atoms with Crippen molar-refractivity contribution in [2.75, 3.05) is 0 Å². The summed E-state index contributed by atoms with van der Waals surface area (Å²) in [5, 5.41) is 8.37. The van der Waals surface area contributed by atoms with Crippen LogP contribution in [-0.2, 0) is 6.61 Å². The van der Waals surface area contributed by atoms with E-state index in [2.05, 4.69) is 0 Å². The predicted molar refractivity (Wildman–Crippen MR) is 83.0 cm³/mol. The SMILES string of the molecule is Cc1cc(C(=N)N)ccc1COc1c(Cl)cccc1Cl. The van der Waals surface area contributed by atoms with Gasteiger partial charge in [-0.2, -0.15) is 0 Å². The van der Waals surface area contributed by atoms with Crippen molar-refractivity contribution in [3.05, 3.63) is 63.1 Å². The van der Waals surface area contributed by atoms with E-state index in [-0.39, 0.29) is 5.84 Å². The summed E-state index contributed by atoms with van der Waals surface area (Å²) in [4.78, 5) is 0. The number of hydrogen-bond acceptors (Lipinski definition) is 2. The Labute approximate surface area is 127 Å². The average molecular weight is 309 g/mol. The smallest absolute Gasteiger partial charge is 0.156 e. The summed E-state index contributed by atoms with van der Waals surface area (Å²) in [7, 11) is 0. The van der Waals surface area contributed by atoms with Crippen LogP contribution in [0.5, 0.6) is 5.75 Å². The Hall–Kier alpha value is -1.71. The van der Waals surface area contributed by atoms with E-state index < -0.39 is 0 Å². The Morgan fingerprint density at radius 3 is 2.40 bits per heavy atom. The number of benzene rings is 2. The number of amidine groups is 1. The molecule has 0 aromatic heterocycles. The molecule has 3 nitrogen and oxygen atoms in total. The molecule has 0 aliphatic carbocycles. The van der Waals surface area contributed by atoms with E-state index >= 15 is 0 Å². The van der Waals surface area contributed by atoms with Crippen LogP contribution in [0.25, 0.3) is 0 Å². The van der Waals surface area contributed by atoms with E-state index in [1.807, 2.05) is 19.1 Å². The van der Waals surface area contributed by atoms with Gasteiger partial charge >= 0.3 is 0 Å². The summed E-state index contributed by atoms with van der Waals surface area (Å²) in [6, 6.07) is 10.8. The van der Waals surface area contributed by atoms with Gasteiger partial charge in [-0.25, -0.2) is 0 Å². The van der Waals surface area contributed by atoms with Crippen LogP contribution in [0, 0.1) is 12.3 Å². The summed E-state index contributed by atoms with van der Waals surface area (Å²) in [6.45, 7) is 2.30. The van der Waals surface area contributed by atoms with Crippen LogP contribution in [0.4, 0.5) is 0 Å². The van der Waals surface area contributed by atoms with Crippen molar-refractivity contribution in [2.24, 2.45) is 5.73 Å². The van der Waals surface area contributed by atoms with Gasteiger partial charge in [0.2, 0.25) is 0 Å². The molecule has 0 aliphatic rings. The zero-order valence-corrected chi connectivity index (χ0v) is 12.4. The van der Waals surface area contributed by atoms with Gasteiger partial charge in [0.05, 0.1) is 10.0 Å². The van der Waals surface area contributed by atoms with E-state index in [4.69, 9.17) is 39.1 Å². The topological polar surface area (TPSA) is 59.1 Å². The average Bonchev–Trinajstić information content (AvgIpc) is 2.39. The van der Waals surface area contributed by atoms with E-state index in [0.29, 0.717) is 28.0 Å². The fourth-order valence-corrected chi connectivity index (χ4v) is 2.30. The molecule has 0 spiro atoms. The first-order valence-electron chi connectivity index (χ1n) is 6.00. The van der Waals surface area contributed by atoms with Gasteiger partial charge < -0.3 is 10.5 Å². The van der Waals surface area contributed by atoms with Crippen LogP contribution in [-0.4, -0.2) is 5.84 Å². The highest BCUT2D eigenvalue weighted by Gasteiger charge is 2.08. The summed E-state index contributed by atoms with van der Waals surface area (Å²) < 4.78 is 5.69. The second-order valence-corrected chi connectivity index (χ2v) is 5.21. The third kappa shape index (κ3) is 3.24. The molecule has 0 unspecified atom stereocenters. The fraction of sp³-hybridized carbons (Fsp3) is 0.133. The van der Waals surface area contributed by atoms with Crippen LogP contribution in [0.2, 0.25) is 10.0 Å². The lowest BCUT2D eigenvalue weighted by Gasteiger charge is -2.12. The minimum atomic E-state index is 0.0507. The van der Waals surface area contributed by atoms with E-state index in [1.54, 1.807) is 24.3 Å². The van der Waals surface area contributed by atoms with Crippen LogP contribution >= 0.6 is 23.2 Å². The molecule has 2 aromatic rings. The highest BCUT2D eigenvalue weighted by Crippen LogP contribution is 2.33. The van der Waals surface area contributed by atoms with E-state index in [9.17, 15) is 0 Å². The van der Waals surface area contributed by atoms with Gasteiger partial charge in [-0.15, -0.1) is 0 Å². The fourth-order valence-electron chi connectivity index (χ4n) is 1.80. The normalized spacial score (nSPS) is 10.3. The van der Waals surface area contributed by atoms with Crippen molar-refractivity contribution in [1.82, 2.24) is 0 Å². The van der Waals surface area contributed by atoms with Gasteiger partial charge in [-0.1, -0.05) is 41.4 Å². The van der Waals surface area contributed by atoms with Gasteiger partial charge in [0.25, 0.3) is 0 Å². The summed E-state index contributed by atoms with van der Waals surface area (Å²) >= 11 is 12.1. The zero-order chi connectivity index (χ0) is 14.7. The number of ether oxygens (including phenoxy) is 1. The van der Waals surface area contributed by atoms with Gasteiger partial charge in [-0.3, -0.25) is 5.41 Å². The Morgan fingerprint density at radius 2 is 1.85 bits per heavy atom. The van der Waals surface area contributed by atoms with Gasteiger partial charge in [0.15, 0.2) is 5.75 Å². The minimum Gasteiger partial charge on any atom is -0.486 e. The molecule has 0 atom stereocenters. The lowest BCUT2D eigenvalue weighted by molar-refractivity contribution is 0.306. The first-order valence-corrected chi connectivity index (χ1v) is 6.75. The Bertz CT molecular complexity index is 636. The number of para-hydroxylation sites is 1. The van der Waals surface area contributed by atoms with E-state index in [0.717, 1.165) is 11.1 Å². The zero-order valence-electron chi connectivity index (χ0n) is 10.9. The van der Waals surface area contributed by atoms with E-state index in [1.165, 1.54) is 0 Å². The monoisotopic (exact) mass is 308 g/mol. The molecule has 3 N–H and O–H groups in total. The van der Waals surface area contributed by atoms with Gasteiger partial charge in [-0.05, 0) is 36.2 Å². The van der Waals surface area contributed by atoms with Crippen molar-refractivity contribution in [3.8, 4) is 5.75 Å². The molecule has 0 saturated heterocycles. The highest BCUT2D eigenvalue weighted by atomic mass is 35.5. The number of nitrogens with two attached hydrogens (primary N) is 1. The van der Waals surface area contributed by atoms with Gasteiger partial charge in [0, 0.05) is 5.56 Å². The molecule has 0 aliphatic heterocycles. The maximum Gasteiger partial charge on any atom is 0.156 e. The predicted octanol–water partition coefficient (Wildman–Crippen LogP) is 4.16. The first-order chi connectivity index (χ1) is 9.49.